The van der Waals surface area contributed by atoms with Gasteiger partial charge in [-0.2, -0.15) is 5.10 Å². The summed E-state index contributed by atoms with van der Waals surface area (Å²) in [6.45, 7) is 0.435. The first kappa shape index (κ1) is 16.3. The third kappa shape index (κ3) is 3.06. The number of halogens is 1. The molecule has 2 aromatic heterocycles. The fourth-order valence-electron chi connectivity index (χ4n) is 2.43. The van der Waals surface area contributed by atoms with Crippen molar-refractivity contribution < 1.29 is 14.3 Å². The van der Waals surface area contributed by atoms with Gasteiger partial charge in [0.25, 0.3) is 0 Å². The van der Waals surface area contributed by atoms with Crippen molar-refractivity contribution in [2.45, 2.75) is 6.73 Å². The lowest BCUT2D eigenvalue weighted by Gasteiger charge is -2.07. The molecule has 0 aliphatic rings. The van der Waals surface area contributed by atoms with Gasteiger partial charge in [-0.25, -0.2) is 9.48 Å². The maximum atomic E-state index is 11.8. The molecule has 0 radical (unpaired) electrons. The summed E-state index contributed by atoms with van der Waals surface area (Å²) in [5.74, 6) is 0.411. The number of rotatable bonds is 5. The molecular weight excluding hydrogens is 330 g/mol. The number of methoxy groups -OCH3 is 2. The summed E-state index contributed by atoms with van der Waals surface area (Å²) in [5, 5.41) is 4.74. The van der Waals surface area contributed by atoms with Crippen molar-refractivity contribution in [2.75, 3.05) is 14.2 Å². The van der Waals surface area contributed by atoms with Gasteiger partial charge >= 0.3 is 5.97 Å². The molecule has 0 atom stereocenters. The monoisotopic (exact) mass is 345 g/mol. The Morgan fingerprint density at radius 1 is 1.25 bits per heavy atom. The number of aromatic nitrogens is 3. The smallest absolute Gasteiger partial charge is 0.339 e. The Balaban J connectivity index is 1.96. The van der Waals surface area contributed by atoms with Gasteiger partial charge in [0.05, 0.1) is 23.9 Å². The third-order valence-electron chi connectivity index (χ3n) is 3.60. The lowest BCUT2D eigenvalue weighted by molar-refractivity contribution is 0.0601. The Labute approximate surface area is 144 Å². The molecule has 3 aromatic rings. The van der Waals surface area contributed by atoms with E-state index < -0.39 is 5.97 Å². The molecule has 7 heteroatoms. The molecule has 6 nitrogen and oxygen atoms in total. The lowest BCUT2D eigenvalue weighted by atomic mass is 10.1. The molecule has 3 rings (SSSR count). The van der Waals surface area contributed by atoms with Crippen LogP contribution in [-0.2, 0) is 16.2 Å². The molecule has 2 heterocycles. The molecule has 0 aliphatic carbocycles. The lowest BCUT2D eigenvalue weighted by Crippen LogP contribution is -2.06. The summed E-state index contributed by atoms with van der Waals surface area (Å²) in [6.07, 6.45) is 5.53. The summed E-state index contributed by atoms with van der Waals surface area (Å²) in [6, 6.07) is 9.08. The molecule has 1 aromatic carbocycles. The average molecular weight is 346 g/mol. The molecule has 0 saturated carbocycles. The molecule has 0 N–H and O–H groups in total. The molecular formula is C17H16ClN3O3. The third-order valence-corrected chi connectivity index (χ3v) is 3.93. The van der Waals surface area contributed by atoms with Crippen molar-refractivity contribution in [1.29, 1.82) is 0 Å². The van der Waals surface area contributed by atoms with E-state index in [-0.39, 0.29) is 0 Å². The van der Waals surface area contributed by atoms with Crippen LogP contribution in [0.15, 0.2) is 48.9 Å². The summed E-state index contributed by atoms with van der Waals surface area (Å²) in [7, 11) is 2.97. The van der Waals surface area contributed by atoms with Crippen LogP contribution in [0.1, 0.15) is 10.4 Å². The van der Waals surface area contributed by atoms with Gasteiger partial charge in [0.1, 0.15) is 12.5 Å². The molecule has 124 valence electrons. The Bertz CT molecular complexity index is 870. The van der Waals surface area contributed by atoms with E-state index in [2.05, 4.69) is 5.10 Å². The number of carbonyl (C=O) groups is 1. The molecule has 0 aliphatic heterocycles. The Morgan fingerprint density at radius 3 is 2.83 bits per heavy atom. The molecule has 24 heavy (non-hydrogen) atoms. The van der Waals surface area contributed by atoms with Crippen molar-refractivity contribution in [3.05, 3.63) is 59.5 Å². The zero-order valence-corrected chi connectivity index (χ0v) is 14.0. The van der Waals surface area contributed by atoms with E-state index in [1.807, 2.05) is 35.2 Å². The number of benzene rings is 1. The maximum Gasteiger partial charge on any atom is 0.339 e. The van der Waals surface area contributed by atoms with E-state index in [1.54, 1.807) is 30.1 Å². The zero-order chi connectivity index (χ0) is 17.1. The van der Waals surface area contributed by atoms with Crippen LogP contribution in [0.3, 0.4) is 0 Å². The van der Waals surface area contributed by atoms with Gasteiger partial charge in [0, 0.05) is 25.1 Å². The largest absolute Gasteiger partial charge is 0.465 e. The average Bonchev–Trinajstić information content (AvgIpc) is 3.24. The van der Waals surface area contributed by atoms with Gasteiger partial charge in [0.2, 0.25) is 0 Å². The van der Waals surface area contributed by atoms with Crippen LogP contribution in [0.4, 0.5) is 0 Å². The van der Waals surface area contributed by atoms with E-state index in [4.69, 9.17) is 21.1 Å². The Kier molecular flexibility index (Phi) is 4.69. The second-order valence-electron chi connectivity index (χ2n) is 5.11. The number of esters is 1. The van der Waals surface area contributed by atoms with Gasteiger partial charge in [-0.15, -0.1) is 0 Å². The molecule has 0 spiro atoms. The highest BCUT2D eigenvalue weighted by Crippen LogP contribution is 2.26. The highest BCUT2D eigenvalue weighted by molar-refractivity contribution is 6.33. The Hall–Kier alpha value is -2.57. The number of ether oxygens (including phenoxy) is 2. The first-order chi connectivity index (χ1) is 11.6. The van der Waals surface area contributed by atoms with Crippen LogP contribution in [0.5, 0.6) is 0 Å². The molecule has 0 unspecified atom stereocenters. The van der Waals surface area contributed by atoms with Gasteiger partial charge < -0.3 is 14.0 Å². The quantitative estimate of drug-likeness (QED) is 0.665. The van der Waals surface area contributed by atoms with E-state index in [9.17, 15) is 4.79 Å². The summed E-state index contributed by atoms with van der Waals surface area (Å²) >= 11 is 6.06. The fraction of sp³-hybridized carbons (Fsp3) is 0.176. The topological polar surface area (TPSA) is 58.3 Å². The summed E-state index contributed by atoms with van der Waals surface area (Å²) < 4.78 is 13.6. The maximum absolute atomic E-state index is 11.8. The first-order valence-corrected chi connectivity index (χ1v) is 7.59. The number of hydrogen-bond acceptors (Lipinski definition) is 4. The normalized spacial score (nSPS) is 10.8. The molecule has 0 saturated heterocycles. The standard InChI is InChI=1S/C17H16ClN3O3/c1-23-11-20-7-3-4-16(20)21-10-13(9-19-21)12-5-6-15(18)14(8-12)17(22)24-2/h3-10H,11H2,1-2H3. The van der Waals surface area contributed by atoms with Crippen molar-refractivity contribution in [3.63, 3.8) is 0 Å². The van der Waals surface area contributed by atoms with Crippen LogP contribution in [-0.4, -0.2) is 34.5 Å². The van der Waals surface area contributed by atoms with Gasteiger partial charge in [-0.05, 0) is 29.8 Å². The van der Waals surface area contributed by atoms with Crippen LogP contribution >= 0.6 is 11.6 Å². The second kappa shape index (κ2) is 6.90. The minimum Gasteiger partial charge on any atom is -0.465 e. The second-order valence-corrected chi connectivity index (χ2v) is 5.52. The van der Waals surface area contributed by atoms with Crippen molar-refractivity contribution in [3.8, 4) is 16.9 Å². The number of carbonyl (C=O) groups excluding carboxylic acids is 1. The van der Waals surface area contributed by atoms with Crippen LogP contribution in [0, 0.1) is 0 Å². The molecule has 0 bridgehead atoms. The van der Waals surface area contributed by atoms with E-state index in [1.165, 1.54) is 7.11 Å². The summed E-state index contributed by atoms with van der Waals surface area (Å²) in [4.78, 5) is 11.8. The van der Waals surface area contributed by atoms with Gasteiger partial charge in [0.15, 0.2) is 0 Å². The molecule has 0 amide bonds. The predicted molar refractivity (Wildman–Crippen MR) is 90.3 cm³/mol. The SMILES string of the molecule is COCn1cccc1-n1cc(-c2ccc(Cl)c(C(=O)OC)c2)cn1. The van der Waals surface area contributed by atoms with E-state index >= 15 is 0 Å². The van der Waals surface area contributed by atoms with Crippen LogP contribution in [0.2, 0.25) is 5.02 Å². The minimum absolute atomic E-state index is 0.326. The fourth-order valence-corrected chi connectivity index (χ4v) is 2.62. The summed E-state index contributed by atoms with van der Waals surface area (Å²) in [5.41, 5.74) is 2.02. The highest BCUT2D eigenvalue weighted by atomic mass is 35.5. The van der Waals surface area contributed by atoms with E-state index in [0.717, 1.165) is 16.9 Å². The van der Waals surface area contributed by atoms with Gasteiger partial charge in [-0.1, -0.05) is 17.7 Å². The van der Waals surface area contributed by atoms with Crippen LogP contribution in [0.25, 0.3) is 16.9 Å². The van der Waals surface area contributed by atoms with Crippen molar-refractivity contribution in [2.24, 2.45) is 0 Å². The van der Waals surface area contributed by atoms with Crippen LogP contribution < -0.4 is 0 Å². The molecule has 0 fully saturated rings. The zero-order valence-electron chi connectivity index (χ0n) is 13.3. The minimum atomic E-state index is -0.469. The first-order valence-electron chi connectivity index (χ1n) is 7.21. The number of hydrogen-bond donors (Lipinski definition) is 0. The predicted octanol–water partition coefficient (Wildman–Crippen LogP) is 3.38. The van der Waals surface area contributed by atoms with Crippen molar-refractivity contribution in [1.82, 2.24) is 14.3 Å². The van der Waals surface area contributed by atoms with Gasteiger partial charge in [-0.3, -0.25) is 0 Å². The Morgan fingerprint density at radius 2 is 2.08 bits per heavy atom. The van der Waals surface area contributed by atoms with E-state index in [0.29, 0.717) is 17.3 Å². The number of nitrogens with zero attached hydrogens (tertiary/aromatic N) is 3. The van der Waals surface area contributed by atoms with Crippen molar-refractivity contribution >= 4 is 17.6 Å². The highest BCUT2D eigenvalue weighted by Gasteiger charge is 2.13.